The van der Waals surface area contributed by atoms with Crippen molar-refractivity contribution < 1.29 is 27.8 Å². The van der Waals surface area contributed by atoms with Gasteiger partial charge in [0.25, 0.3) is 0 Å². The van der Waals surface area contributed by atoms with E-state index >= 15 is 0 Å². The van der Waals surface area contributed by atoms with E-state index < -0.39 is 27.4 Å². The van der Waals surface area contributed by atoms with Crippen molar-refractivity contribution in [2.75, 3.05) is 16.6 Å². The van der Waals surface area contributed by atoms with E-state index in [2.05, 4.69) is 9.97 Å². The molecule has 1 aromatic carbocycles. The Hall–Kier alpha value is -3.27. The van der Waals surface area contributed by atoms with Crippen LogP contribution in [0.15, 0.2) is 36.5 Å². The fraction of sp³-hybridized carbons (Fsp3) is 0.250. The molecule has 0 atom stereocenters. The number of sulfonamides is 1. The summed E-state index contributed by atoms with van der Waals surface area (Å²) in [6.45, 7) is 0.163. The van der Waals surface area contributed by atoms with Gasteiger partial charge in [0.2, 0.25) is 10.0 Å². The molecule has 0 unspecified atom stereocenters. The second-order valence-corrected chi connectivity index (χ2v) is 9.09. The molecular weight excluding hydrogens is 413 g/mol. The number of benzene rings is 1. The first-order valence-electron chi connectivity index (χ1n) is 9.26. The van der Waals surface area contributed by atoms with E-state index in [0.717, 1.165) is 9.87 Å². The predicted octanol–water partition coefficient (Wildman–Crippen LogP) is 2.69. The maximum absolute atomic E-state index is 13.2. The lowest BCUT2D eigenvalue weighted by atomic mass is 10.0. The van der Waals surface area contributed by atoms with Gasteiger partial charge < -0.3 is 10.2 Å². The van der Waals surface area contributed by atoms with Gasteiger partial charge in [-0.25, -0.2) is 22.6 Å². The zero-order chi connectivity index (χ0) is 21.5. The van der Waals surface area contributed by atoms with Crippen LogP contribution in [0.1, 0.15) is 34.5 Å². The summed E-state index contributed by atoms with van der Waals surface area (Å²) < 4.78 is 39.5. The number of carboxylic acids is 1. The fourth-order valence-corrected chi connectivity index (χ4v) is 5.10. The SMILES string of the molecule is O=C(O)c1nc(N2CCCCS2(=O)=O)c2cc(Cc3ccc(F)cc3)cnc2c1O. The van der Waals surface area contributed by atoms with Crippen LogP contribution in [0.5, 0.6) is 5.75 Å². The molecule has 1 saturated heterocycles. The molecular formula is C20H18FN3O5S. The summed E-state index contributed by atoms with van der Waals surface area (Å²) >= 11 is 0. The van der Waals surface area contributed by atoms with Crippen LogP contribution in [0.3, 0.4) is 0 Å². The topological polar surface area (TPSA) is 121 Å². The van der Waals surface area contributed by atoms with Gasteiger partial charge in [-0.3, -0.25) is 9.29 Å². The van der Waals surface area contributed by atoms with Crippen LogP contribution in [0.2, 0.25) is 0 Å². The van der Waals surface area contributed by atoms with Gasteiger partial charge in [0.05, 0.1) is 5.75 Å². The molecule has 0 amide bonds. The Balaban J connectivity index is 1.89. The van der Waals surface area contributed by atoms with Crippen LogP contribution >= 0.6 is 0 Å². The van der Waals surface area contributed by atoms with Gasteiger partial charge in [-0.05, 0) is 48.6 Å². The smallest absolute Gasteiger partial charge is 0.358 e. The van der Waals surface area contributed by atoms with E-state index in [4.69, 9.17) is 0 Å². The van der Waals surface area contributed by atoms with Crippen LogP contribution in [-0.2, 0) is 16.4 Å². The Morgan fingerprint density at radius 1 is 1.17 bits per heavy atom. The Morgan fingerprint density at radius 2 is 1.90 bits per heavy atom. The van der Waals surface area contributed by atoms with Gasteiger partial charge in [-0.1, -0.05) is 12.1 Å². The fourth-order valence-electron chi connectivity index (χ4n) is 3.50. The van der Waals surface area contributed by atoms with E-state index in [1.165, 1.54) is 18.3 Å². The van der Waals surface area contributed by atoms with Gasteiger partial charge in [0, 0.05) is 18.1 Å². The maximum atomic E-state index is 13.2. The zero-order valence-corrected chi connectivity index (χ0v) is 16.6. The maximum Gasteiger partial charge on any atom is 0.358 e. The molecule has 30 heavy (non-hydrogen) atoms. The van der Waals surface area contributed by atoms with Crippen molar-refractivity contribution in [3.8, 4) is 5.75 Å². The molecule has 156 valence electrons. The number of pyridine rings is 2. The molecule has 3 aromatic rings. The van der Waals surface area contributed by atoms with E-state index in [1.807, 2.05) is 0 Å². The number of aromatic carboxylic acids is 1. The number of rotatable bonds is 4. The number of hydrogen-bond donors (Lipinski definition) is 2. The van der Waals surface area contributed by atoms with Crippen LogP contribution in [-0.4, -0.2) is 46.9 Å². The van der Waals surface area contributed by atoms with E-state index in [1.54, 1.807) is 18.2 Å². The molecule has 0 aliphatic carbocycles. The third-order valence-electron chi connectivity index (χ3n) is 4.96. The largest absolute Gasteiger partial charge is 0.504 e. The third kappa shape index (κ3) is 3.65. The molecule has 0 spiro atoms. The highest BCUT2D eigenvalue weighted by atomic mass is 32.2. The Labute approximate surface area is 171 Å². The highest BCUT2D eigenvalue weighted by molar-refractivity contribution is 7.92. The van der Waals surface area contributed by atoms with Crippen molar-refractivity contribution in [1.82, 2.24) is 9.97 Å². The van der Waals surface area contributed by atoms with Crippen LogP contribution in [0.25, 0.3) is 10.9 Å². The van der Waals surface area contributed by atoms with Gasteiger partial charge in [-0.15, -0.1) is 0 Å². The van der Waals surface area contributed by atoms with Gasteiger partial charge in [0.1, 0.15) is 11.3 Å². The summed E-state index contributed by atoms with van der Waals surface area (Å²) in [5.41, 5.74) is 0.788. The molecule has 2 N–H and O–H groups in total. The summed E-state index contributed by atoms with van der Waals surface area (Å²) in [4.78, 5) is 19.7. The summed E-state index contributed by atoms with van der Waals surface area (Å²) in [5, 5.41) is 20.0. The first kappa shape index (κ1) is 20.0. The highest BCUT2D eigenvalue weighted by Crippen LogP contribution is 2.35. The van der Waals surface area contributed by atoms with Crippen molar-refractivity contribution in [3.05, 3.63) is 59.2 Å². The van der Waals surface area contributed by atoms with Gasteiger partial charge in [-0.2, -0.15) is 0 Å². The zero-order valence-electron chi connectivity index (χ0n) is 15.7. The summed E-state index contributed by atoms with van der Waals surface area (Å²) in [6.07, 6.45) is 2.96. The minimum atomic E-state index is -3.67. The number of hydrogen-bond acceptors (Lipinski definition) is 6. The minimum absolute atomic E-state index is 0.0407. The van der Waals surface area contributed by atoms with Crippen LogP contribution in [0, 0.1) is 5.82 Å². The van der Waals surface area contributed by atoms with Crippen LogP contribution in [0.4, 0.5) is 10.2 Å². The Morgan fingerprint density at radius 3 is 2.57 bits per heavy atom. The van der Waals surface area contributed by atoms with Gasteiger partial charge in [0.15, 0.2) is 17.3 Å². The molecule has 8 nitrogen and oxygen atoms in total. The van der Waals surface area contributed by atoms with Crippen LogP contribution < -0.4 is 4.31 Å². The number of carbonyl (C=O) groups is 1. The highest BCUT2D eigenvalue weighted by Gasteiger charge is 2.31. The van der Waals surface area contributed by atoms with Crippen molar-refractivity contribution in [2.45, 2.75) is 19.3 Å². The molecule has 4 rings (SSSR count). The summed E-state index contributed by atoms with van der Waals surface area (Å²) in [5.74, 6) is -2.59. The van der Waals surface area contributed by atoms with Crippen molar-refractivity contribution in [1.29, 1.82) is 0 Å². The van der Waals surface area contributed by atoms with Crippen molar-refractivity contribution in [2.24, 2.45) is 0 Å². The van der Waals surface area contributed by atoms with E-state index in [9.17, 15) is 27.8 Å². The predicted molar refractivity (Wildman–Crippen MR) is 108 cm³/mol. The first-order valence-corrected chi connectivity index (χ1v) is 10.9. The standard InChI is InChI=1S/C20H18FN3O5S/c21-14-5-3-12(4-6-14)9-13-10-15-16(22-11-13)18(25)17(20(26)27)23-19(15)24-7-1-2-8-30(24,28)29/h3-6,10-11,25H,1-2,7-9H2,(H,26,27). The molecule has 1 aliphatic heterocycles. The monoisotopic (exact) mass is 431 g/mol. The second kappa shape index (κ2) is 7.52. The Kier molecular flexibility index (Phi) is 5.02. The lowest BCUT2D eigenvalue weighted by Crippen LogP contribution is -2.38. The molecule has 0 saturated carbocycles. The molecule has 0 bridgehead atoms. The lowest BCUT2D eigenvalue weighted by Gasteiger charge is -2.28. The number of halogens is 1. The molecule has 3 heterocycles. The number of aromatic hydroxyl groups is 1. The number of aromatic nitrogens is 2. The molecule has 10 heteroatoms. The average Bonchev–Trinajstić information content (AvgIpc) is 2.70. The summed E-state index contributed by atoms with van der Waals surface area (Å²) in [6, 6.07) is 7.55. The molecule has 0 radical (unpaired) electrons. The summed E-state index contributed by atoms with van der Waals surface area (Å²) in [7, 11) is -3.67. The molecule has 2 aromatic heterocycles. The number of nitrogens with zero attached hydrogens (tertiary/aromatic N) is 3. The minimum Gasteiger partial charge on any atom is -0.504 e. The molecule has 1 aliphatic rings. The van der Waals surface area contributed by atoms with Crippen molar-refractivity contribution in [3.63, 3.8) is 0 Å². The quantitative estimate of drug-likeness (QED) is 0.651. The van der Waals surface area contributed by atoms with E-state index in [0.29, 0.717) is 24.8 Å². The van der Waals surface area contributed by atoms with Gasteiger partial charge >= 0.3 is 5.97 Å². The van der Waals surface area contributed by atoms with Crippen molar-refractivity contribution >= 4 is 32.7 Å². The third-order valence-corrected chi connectivity index (χ3v) is 6.79. The number of anilines is 1. The normalized spacial score (nSPS) is 16.0. The first-order chi connectivity index (χ1) is 14.3. The number of carboxylic acid groups (broad SMARTS) is 1. The molecule has 1 fully saturated rings. The van der Waals surface area contributed by atoms with E-state index in [-0.39, 0.29) is 34.8 Å². The Bertz CT molecular complexity index is 1250. The average molecular weight is 431 g/mol. The second-order valence-electron chi connectivity index (χ2n) is 7.08. The number of fused-ring (bicyclic) bond motifs is 1. The lowest BCUT2D eigenvalue weighted by molar-refractivity contribution is 0.0687.